The Balaban J connectivity index is 1.99. The van der Waals surface area contributed by atoms with Gasteiger partial charge in [0.1, 0.15) is 11.6 Å². The summed E-state index contributed by atoms with van der Waals surface area (Å²) in [5.41, 5.74) is -0.0345. The Morgan fingerprint density at radius 2 is 1.83 bits per heavy atom. The molecule has 0 bridgehead atoms. The average molecular weight is 379 g/mol. The van der Waals surface area contributed by atoms with E-state index in [1.54, 1.807) is 22.2 Å². The lowest BCUT2D eigenvalue weighted by Gasteiger charge is -2.34. The lowest BCUT2D eigenvalue weighted by atomic mass is 10.2. The molecule has 1 saturated heterocycles. The summed E-state index contributed by atoms with van der Waals surface area (Å²) in [5.74, 6) is -0.0994. The molecular formula is C14H15BrN6O2. The van der Waals surface area contributed by atoms with Gasteiger partial charge < -0.3 is 15.1 Å². The third-order valence-electron chi connectivity index (χ3n) is 3.33. The van der Waals surface area contributed by atoms with Crippen molar-refractivity contribution in [2.75, 3.05) is 31.5 Å². The summed E-state index contributed by atoms with van der Waals surface area (Å²) in [6.45, 7) is 3.27. The van der Waals surface area contributed by atoms with E-state index in [4.69, 9.17) is 0 Å². The first-order chi connectivity index (χ1) is 11.0. The Bertz CT molecular complexity index is 659. The number of carbonyl (C=O) groups is 2. The molecule has 1 fully saturated rings. The number of nitrogens with one attached hydrogen (secondary N) is 1. The summed E-state index contributed by atoms with van der Waals surface area (Å²) < 4.78 is 0.729. The number of hydrogen-bond donors (Lipinski definition) is 1. The number of halogens is 1. The number of rotatable bonds is 3. The molecule has 0 unspecified atom stereocenters. The maximum absolute atomic E-state index is 12.3. The van der Waals surface area contributed by atoms with Crippen LogP contribution in [0.1, 0.15) is 6.92 Å². The number of aromatic nitrogens is 2. The lowest BCUT2D eigenvalue weighted by Crippen LogP contribution is -2.50. The van der Waals surface area contributed by atoms with E-state index in [1.807, 2.05) is 6.07 Å². The van der Waals surface area contributed by atoms with Gasteiger partial charge in [-0.15, -0.1) is 0 Å². The largest absolute Gasteiger partial charge is 0.339 e. The molecular weight excluding hydrogens is 364 g/mol. The van der Waals surface area contributed by atoms with Crippen LogP contribution < -0.4 is 5.32 Å². The standard InChI is InChI=1S/C14H15BrN6O2/c1-10(22)20-2-4-21(5-3-20)13(23)11(6-16)7-17-14-18-8-12(15)9-19-14/h7-9H,2-5H2,1H3,(H,17,18,19)/b11-7-. The van der Waals surface area contributed by atoms with Crippen molar-refractivity contribution in [3.05, 3.63) is 28.6 Å². The predicted molar refractivity (Wildman–Crippen MR) is 85.9 cm³/mol. The summed E-state index contributed by atoms with van der Waals surface area (Å²) in [6.07, 6.45) is 4.40. The number of amides is 2. The Kier molecular flexibility index (Phi) is 5.65. The molecule has 1 aliphatic rings. The normalized spacial score (nSPS) is 15.1. The summed E-state index contributed by atoms with van der Waals surface area (Å²) in [6, 6.07) is 1.88. The molecule has 0 saturated carbocycles. The van der Waals surface area contributed by atoms with Crippen LogP contribution in [0.5, 0.6) is 0 Å². The maximum atomic E-state index is 12.3. The highest BCUT2D eigenvalue weighted by Gasteiger charge is 2.24. The van der Waals surface area contributed by atoms with Crippen molar-refractivity contribution in [3.8, 4) is 6.07 Å². The SMILES string of the molecule is CC(=O)N1CCN(C(=O)/C(C#N)=C\Nc2ncc(Br)cn2)CC1. The average Bonchev–Trinajstić information content (AvgIpc) is 2.57. The fourth-order valence-corrected chi connectivity index (χ4v) is 2.26. The molecule has 0 aliphatic carbocycles. The van der Waals surface area contributed by atoms with E-state index in [9.17, 15) is 14.9 Å². The summed E-state index contributed by atoms with van der Waals surface area (Å²) in [7, 11) is 0. The van der Waals surface area contributed by atoms with Crippen molar-refractivity contribution in [2.24, 2.45) is 0 Å². The Morgan fingerprint density at radius 1 is 1.26 bits per heavy atom. The van der Waals surface area contributed by atoms with E-state index >= 15 is 0 Å². The van der Waals surface area contributed by atoms with Gasteiger partial charge in [-0.2, -0.15) is 5.26 Å². The van der Waals surface area contributed by atoms with E-state index in [1.165, 1.54) is 13.1 Å². The Morgan fingerprint density at radius 3 is 2.35 bits per heavy atom. The van der Waals surface area contributed by atoms with Gasteiger partial charge in [0.05, 0.1) is 4.47 Å². The molecule has 1 aliphatic heterocycles. The molecule has 0 radical (unpaired) electrons. The van der Waals surface area contributed by atoms with E-state index in [2.05, 4.69) is 31.2 Å². The fraction of sp³-hybridized carbons (Fsp3) is 0.357. The highest BCUT2D eigenvalue weighted by atomic mass is 79.9. The van der Waals surface area contributed by atoms with Gasteiger partial charge in [-0.05, 0) is 15.9 Å². The highest BCUT2D eigenvalue weighted by molar-refractivity contribution is 9.10. The molecule has 0 aromatic carbocycles. The van der Waals surface area contributed by atoms with E-state index in [0.717, 1.165) is 4.47 Å². The van der Waals surface area contributed by atoms with Crippen LogP contribution in [-0.4, -0.2) is 57.8 Å². The number of carbonyl (C=O) groups excluding carboxylic acids is 2. The molecule has 0 spiro atoms. The molecule has 1 aromatic rings. The van der Waals surface area contributed by atoms with Crippen molar-refractivity contribution in [2.45, 2.75) is 6.92 Å². The number of piperazine rings is 1. The second-order valence-electron chi connectivity index (χ2n) is 4.84. The van der Waals surface area contributed by atoms with Crippen LogP contribution in [0, 0.1) is 11.3 Å². The second kappa shape index (κ2) is 7.69. The zero-order chi connectivity index (χ0) is 16.8. The topological polar surface area (TPSA) is 102 Å². The minimum atomic E-state index is -0.375. The minimum Gasteiger partial charge on any atom is -0.339 e. The second-order valence-corrected chi connectivity index (χ2v) is 5.75. The van der Waals surface area contributed by atoms with Crippen LogP contribution in [0.4, 0.5) is 5.95 Å². The van der Waals surface area contributed by atoms with Gasteiger partial charge in [-0.3, -0.25) is 9.59 Å². The van der Waals surface area contributed by atoms with Gasteiger partial charge in [0.2, 0.25) is 11.9 Å². The van der Waals surface area contributed by atoms with Crippen LogP contribution in [0.25, 0.3) is 0 Å². The molecule has 23 heavy (non-hydrogen) atoms. The van der Waals surface area contributed by atoms with Crippen LogP contribution >= 0.6 is 15.9 Å². The smallest absolute Gasteiger partial charge is 0.266 e. The molecule has 120 valence electrons. The molecule has 2 heterocycles. The van der Waals surface area contributed by atoms with Crippen LogP contribution in [0.2, 0.25) is 0 Å². The summed E-state index contributed by atoms with van der Waals surface area (Å²) in [5, 5.41) is 11.9. The molecule has 0 atom stereocenters. The fourth-order valence-electron chi connectivity index (χ4n) is 2.06. The van der Waals surface area contributed by atoms with Gasteiger partial charge >= 0.3 is 0 Å². The quantitative estimate of drug-likeness (QED) is 0.614. The van der Waals surface area contributed by atoms with Gasteiger partial charge in [-0.25, -0.2) is 9.97 Å². The van der Waals surface area contributed by atoms with Crippen molar-refractivity contribution in [1.82, 2.24) is 19.8 Å². The van der Waals surface area contributed by atoms with Gasteiger partial charge in [0, 0.05) is 51.7 Å². The number of anilines is 1. The maximum Gasteiger partial charge on any atom is 0.266 e. The Labute approximate surface area is 141 Å². The van der Waals surface area contributed by atoms with Crippen molar-refractivity contribution >= 4 is 33.7 Å². The summed E-state index contributed by atoms with van der Waals surface area (Å²) in [4.78, 5) is 34.8. The van der Waals surface area contributed by atoms with Crippen LogP contribution in [0.3, 0.4) is 0 Å². The lowest BCUT2D eigenvalue weighted by molar-refractivity contribution is -0.136. The first-order valence-corrected chi connectivity index (χ1v) is 7.69. The molecule has 1 N–H and O–H groups in total. The molecule has 9 heteroatoms. The number of nitriles is 1. The van der Waals surface area contributed by atoms with Gasteiger partial charge in [0.25, 0.3) is 5.91 Å². The zero-order valence-electron chi connectivity index (χ0n) is 12.5. The molecule has 2 rings (SSSR count). The molecule has 1 aromatic heterocycles. The third-order valence-corrected chi connectivity index (χ3v) is 3.74. The van der Waals surface area contributed by atoms with Crippen LogP contribution in [0.15, 0.2) is 28.6 Å². The molecule has 8 nitrogen and oxygen atoms in total. The first-order valence-electron chi connectivity index (χ1n) is 6.90. The summed E-state index contributed by atoms with van der Waals surface area (Å²) >= 11 is 3.22. The Hall–Kier alpha value is -2.47. The van der Waals surface area contributed by atoms with E-state index in [0.29, 0.717) is 26.2 Å². The van der Waals surface area contributed by atoms with Gasteiger partial charge in [-0.1, -0.05) is 0 Å². The highest BCUT2D eigenvalue weighted by Crippen LogP contribution is 2.09. The first kappa shape index (κ1) is 16.9. The predicted octanol–water partition coefficient (Wildman–Crippen LogP) is 0.749. The van der Waals surface area contributed by atoms with Gasteiger partial charge in [0.15, 0.2) is 0 Å². The van der Waals surface area contributed by atoms with Crippen molar-refractivity contribution in [1.29, 1.82) is 5.26 Å². The van der Waals surface area contributed by atoms with Crippen LogP contribution in [-0.2, 0) is 9.59 Å². The zero-order valence-corrected chi connectivity index (χ0v) is 14.1. The number of nitrogens with zero attached hydrogens (tertiary/aromatic N) is 5. The van der Waals surface area contributed by atoms with Crippen molar-refractivity contribution in [3.63, 3.8) is 0 Å². The van der Waals surface area contributed by atoms with E-state index < -0.39 is 0 Å². The third kappa shape index (κ3) is 4.50. The minimum absolute atomic E-state index is 0.0119. The van der Waals surface area contributed by atoms with E-state index in [-0.39, 0.29) is 23.3 Å². The molecule has 2 amide bonds. The van der Waals surface area contributed by atoms with Crippen molar-refractivity contribution < 1.29 is 9.59 Å². The number of hydrogen-bond acceptors (Lipinski definition) is 6. The monoisotopic (exact) mass is 378 g/mol.